The summed E-state index contributed by atoms with van der Waals surface area (Å²) < 4.78 is 0. The molecule has 0 radical (unpaired) electrons. The third kappa shape index (κ3) is 4.27. The second-order valence-electron chi connectivity index (χ2n) is 9.54. The smallest absolute Gasteiger partial charge is 0.274 e. The molecule has 0 bridgehead atoms. The number of thioether (sulfide) groups is 1. The number of carbonyl (C=O) groups is 1. The highest BCUT2D eigenvalue weighted by Crippen LogP contribution is 2.46. The predicted octanol–water partition coefficient (Wildman–Crippen LogP) is 5.95. The van der Waals surface area contributed by atoms with E-state index in [1.54, 1.807) is 0 Å². The monoisotopic (exact) mass is 481 g/mol. The number of hydrogen-bond acceptors (Lipinski definition) is 4. The van der Waals surface area contributed by atoms with Gasteiger partial charge in [-0.1, -0.05) is 67.4 Å². The SMILES string of the molecule is O=C1NC2=C(C1=NCCCCCCc1ccccc1)c1ccc(N3CCSCC3)c3cccc2c13. The molecule has 0 aromatic heterocycles. The Labute approximate surface area is 211 Å². The lowest BCUT2D eigenvalue weighted by Crippen LogP contribution is -2.32. The Morgan fingerprint density at radius 2 is 1.69 bits per heavy atom. The van der Waals surface area contributed by atoms with Crippen LogP contribution in [-0.4, -0.2) is 42.8 Å². The lowest BCUT2D eigenvalue weighted by molar-refractivity contribution is -0.113. The lowest BCUT2D eigenvalue weighted by atomic mass is 9.98. The van der Waals surface area contributed by atoms with Crippen molar-refractivity contribution in [2.45, 2.75) is 32.1 Å². The highest BCUT2D eigenvalue weighted by molar-refractivity contribution is 7.99. The van der Waals surface area contributed by atoms with Crippen molar-refractivity contribution in [2.75, 3.05) is 36.0 Å². The summed E-state index contributed by atoms with van der Waals surface area (Å²) in [4.78, 5) is 20.2. The van der Waals surface area contributed by atoms with Crippen LogP contribution in [0.2, 0.25) is 0 Å². The molecule has 0 unspecified atom stereocenters. The van der Waals surface area contributed by atoms with E-state index in [-0.39, 0.29) is 5.91 Å². The summed E-state index contributed by atoms with van der Waals surface area (Å²) in [6.07, 6.45) is 5.69. The number of benzene rings is 3. The number of nitrogens with zero attached hydrogens (tertiary/aromatic N) is 2. The van der Waals surface area contributed by atoms with E-state index in [9.17, 15) is 4.79 Å². The predicted molar refractivity (Wildman–Crippen MR) is 149 cm³/mol. The average molecular weight is 482 g/mol. The zero-order valence-corrected chi connectivity index (χ0v) is 20.9. The van der Waals surface area contributed by atoms with Crippen molar-refractivity contribution in [3.8, 4) is 0 Å². The van der Waals surface area contributed by atoms with Crippen LogP contribution in [0.3, 0.4) is 0 Å². The minimum absolute atomic E-state index is 0.0566. The summed E-state index contributed by atoms with van der Waals surface area (Å²) in [6.45, 7) is 2.88. The highest BCUT2D eigenvalue weighted by Gasteiger charge is 2.37. The van der Waals surface area contributed by atoms with Gasteiger partial charge < -0.3 is 10.2 Å². The van der Waals surface area contributed by atoms with Crippen molar-refractivity contribution in [1.82, 2.24) is 5.32 Å². The number of nitrogens with one attached hydrogen (secondary N) is 1. The van der Waals surface area contributed by atoms with Gasteiger partial charge in [-0.25, -0.2) is 0 Å². The van der Waals surface area contributed by atoms with Gasteiger partial charge in [0.2, 0.25) is 0 Å². The van der Waals surface area contributed by atoms with Crippen molar-refractivity contribution in [3.05, 3.63) is 77.4 Å². The number of carbonyl (C=O) groups excluding carboxylic acids is 1. The maximum atomic E-state index is 12.9. The number of amides is 1. The van der Waals surface area contributed by atoms with Crippen molar-refractivity contribution < 1.29 is 4.79 Å². The molecule has 4 nitrogen and oxygen atoms in total. The van der Waals surface area contributed by atoms with Crippen molar-refractivity contribution in [3.63, 3.8) is 0 Å². The first kappa shape index (κ1) is 22.4. The van der Waals surface area contributed by atoms with E-state index >= 15 is 0 Å². The summed E-state index contributed by atoms with van der Waals surface area (Å²) in [5.74, 6) is 2.30. The maximum Gasteiger partial charge on any atom is 0.274 e. The molecule has 1 amide bonds. The van der Waals surface area contributed by atoms with Gasteiger partial charge in [0.15, 0.2) is 0 Å². The standard InChI is InChI=1S/C30H31N3OS/c34-30-29(31-16-7-2-1-4-9-21-10-5-3-6-11-21)27-23-14-15-25(33-17-19-35-20-18-33)22-12-8-13-24(26(22)23)28(27)32-30/h3,5-6,8,10-15H,1-2,4,7,9,16-20H2,(H,31,32,34). The minimum Gasteiger partial charge on any atom is -0.369 e. The largest absolute Gasteiger partial charge is 0.369 e. The lowest BCUT2D eigenvalue weighted by Gasteiger charge is -2.30. The Kier molecular flexibility index (Phi) is 6.34. The fraction of sp³-hybridized carbons (Fsp3) is 0.333. The molecule has 3 aromatic rings. The van der Waals surface area contributed by atoms with Crippen LogP contribution in [0.4, 0.5) is 5.69 Å². The van der Waals surface area contributed by atoms with E-state index in [1.165, 1.54) is 46.4 Å². The van der Waals surface area contributed by atoms with E-state index in [1.807, 2.05) is 11.8 Å². The molecule has 1 aliphatic carbocycles. The molecular formula is C30H31N3OS. The molecule has 3 aliphatic rings. The summed E-state index contributed by atoms with van der Waals surface area (Å²) >= 11 is 2.03. The molecule has 35 heavy (non-hydrogen) atoms. The van der Waals surface area contributed by atoms with Gasteiger partial charge in [0.25, 0.3) is 5.91 Å². The van der Waals surface area contributed by atoms with Crippen molar-refractivity contribution in [1.29, 1.82) is 0 Å². The molecule has 0 atom stereocenters. The Bertz CT molecular complexity index is 1320. The number of fused-ring (bicyclic) bond motifs is 2. The molecule has 5 heteroatoms. The maximum absolute atomic E-state index is 12.9. The first-order valence-electron chi connectivity index (χ1n) is 12.8. The third-order valence-corrected chi connectivity index (χ3v) is 8.28. The van der Waals surface area contributed by atoms with E-state index in [2.05, 4.69) is 70.9 Å². The quantitative estimate of drug-likeness (QED) is 0.405. The van der Waals surface area contributed by atoms with Crippen LogP contribution in [-0.2, 0) is 11.2 Å². The zero-order valence-electron chi connectivity index (χ0n) is 20.1. The van der Waals surface area contributed by atoms with Crippen molar-refractivity contribution >= 4 is 51.1 Å². The van der Waals surface area contributed by atoms with Gasteiger partial charge in [0.05, 0.1) is 5.70 Å². The van der Waals surface area contributed by atoms with Gasteiger partial charge in [0, 0.05) is 58.7 Å². The van der Waals surface area contributed by atoms with Crippen LogP contribution in [0, 0.1) is 0 Å². The Hall–Kier alpha value is -3.05. The topological polar surface area (TPSA) is 44.7 Å². The normalized spacial score (nSPS) is 18.0. The van der Waals surface area contributed by atoms with Crippen LogP contribution >= 0.6 is 11.8 Å². The Morgan fingerprint density at radius 1 is 0.857 bits per heavy atom. The summed E-state index contributed by atoms with van der Waals surface area (Å²) in [5, 5.41) is 5.70. The van der Waals surface area contributed by atoms with E-state index in [0.29, 0.717) is 12.3 Å². The van der Waals surface area contributed by atoms with Crippen LogP contribution in [0.15, 0.2) is 65.7 Å². The number of unbranched alkanes of at least 4 members (excludes halogenated alkanes) is 3. The fourth-order valence-electron chi connectivity index (χ4n) is 5.60. The highest BCUT2D eigenvalue weighted by atomic mass is 32.2. The Balaban J connectivity index is 1.16. The minimum atomic E-state index is -0.0566. The molecule has 1 N–H and O–H groups in total. The van der Waals surface area contributed by atoms with Gasteiger partial charge >= 0.3 is 0 Å². The second kappa shape index (κ2) is 9.90. The molecule has 178 valence electrons. The van der Waals surface area contributed by atoms with Gasteiger partial charge in [0.1, 0.15) is 5.71 Å². The number of rotatable bonds is 8. The average Bonchev–Trinajstić information content (AvgIpc) is 3.39. The van der Waals surface area contributed by atoms with Gasteiger partial charge in [-0.2, -0.15) is 11.8 Å². The number of hydrogen-bond donors (Lipinski definition) is 1. The third-order valence-electron chi connectivity index (χ3n) is 7.33. The molecule has 1 fully saturated rings. The number of aliphatic imine (C=N–C) groups is 1. The molecule has 1 saturated heterocycles. The number of anilines is 1. The van der Waals surface area contributed by atoms with Crippen molar-refractivity contribution in [2.24, 2.45) is 4.99 Å². The molecule has 3 aromatic carbocycles. The summed E-state index contributed by atoms with van der Waals surface area (Å²) in [6, 6.07) is 21.6. The summed E-state index contributed by atoms with van der Waals surface area (Å²) in [7, 11) is 0. The summed E-state index contributed by atoms with van der Waals surface area (Å²) in [5.41, 5.74) is 7.58. The van der Waals surface area contributed by atoms with Crippen LogP contribution in [0.1, 0.15) is 42.4 Å². The van der Waals surface area contributed by atoms with Crippen LogP contribution < -0.4 is 10.2 Å². The van der Waals surface area contributed by atoms with Crippen LogP contribution in [0.25, 0.3) is 22.0 Å². The van der Waals surface area contributed by atoms with Gasteiger partial charge in [-0.05, 0) is 36.5 Å². The molecule has 0 saturated carbocycles. The fourth-order valence-corrected chi connectivity index (χ4v) is 6.50. The molecule has 0 spiro atoms. The molecule has 2 aliphatic heterocycles. The van der Waals surface area contributed by atoms with E-state index < -0.39 is 0 Å². The number of aryl methyl sites for hydroxylation is 1. The first-order chi connectivity index (χ1) is 17.3. The molecule has 6 rings (SSSR count). The van der Waals surface area contributed by atoms with E-state index in [0.717, 1.165) is 54.7 Å². The van der Waals surface area contributed by atoms with Gasteiger partial charge in [-0.15, -0.1) is 0 Å². The van der Waals surface area contributed by atoms with Crippen LogP contribution in [0.5, 0.6) is 0 Å². The molecular weight excluding hydrogens is 450 g/mol. The van der Waals surface area contributed by atoms with Gasteiger partial charge in [-0.3, -0.25) is 9.79 Å². The molecule has 2 heterocycles. The first-order valence-corrected chi connectivity index (χ1v) is 14.0. The Morgan fingerprint density at radius 3 is 2.54 bits per heavy atom. The van der Waals surface area contributed by atoms with E-state index in [4.69, 9.17) is 4.99 Å². The zero-order chi connectivity index (χ0) is 23.6. The second-order valence-corrected chi connectivity index (χ2v) is 10.8.